The Labute approximate surface area is 254 Å². The Bertz CT molecular complexity index is 1800. The van der Waals surface area contributed by atoms with Crippen LogP contribution in [-0.4, -0.2) is 44.7 Å². The highest BCUT2D eigenvalue weighted by Gasteiger charge is 2.24. The summed E-state index contributed by atoms with van der Waals surface area (Å²) < 4.78 is 37.5. The number of hydrogen-bond donors (Lipinski definition) is 2. The van der Waals surface area contributed by atoms with Gasteiger partial charge in [-0.3, -0.25) is 9.59 Å². The summed E-state index contributed by atoms with van der Waals surface area (Å²) in [6.07, 6.45) is 0. The second-order valence-corrected chi connectivity index (χ2v) is 12.2. The average molecular weight is 617 g/mol. The molecular weight excluding hydrogens is 588 g/mol. The number of rotatable bonds is 10. The number of carbonyl (C=O) groups excluding carboxylic acids is 2. The SMILES string of the molecule is COc1cccc(-c2cc(-c3ccccc3)nc(SC(C)C(=O)Nc3ccc(S(=O)(=O)NC(C)=O)cc3)c2C#N)c1OC. The molecule has 10 nitrogen and oxygen atoms in total. The summed E-state index contributed by atoms with van der Waals surface area (Å²) in [6.45, 7) is 2.78. The van der Waals surface area contributed by atoms with Gasteiger partial charge >= 0.3 is 0 Å². The van der Waals surface area contributed by atoms with Crippen molar-refractivity contribution in [2.75, 3.05) is 19.5 Å². The van der Waals surface area contributed by atoms with E-state index >= 15 is 0 Å². The number of para-hydroxylation sites is 1. The van der Waals surface area contributed by atoms with Crippen LogP contribution < -0.4 is 19.5 Å². The van der Waals surface area contributed by atoms with Crippen molar-refractivity contribution in [3.63, 3.8) is 0 Å². The predicted octanol–water partition coefficient (Wildman–Crippen LogP) is 5.25. The van der Waals surface area contributed by atoms with Crippen LogP contribution in [-0.2, 0) is 19.6 Å². The van der Waals surface area contributed by atoms with E-state index in [1.165, 1.54) is 38.5 Å². The first-order valence-corrected chi connectivity index (χ1v) is 15.3. The van der Waals surface area contributed by atoms with Crippen LogP contribution in [0.5, 0.6) is 11.5 Å². The summed E-state index contributed by atoms with van der Waals surface area (Å²) in [6, 6.07) is 24.3. The smallest absolute Gasteiger partial charge is 0.264 e. The monoisotopic (exact) mass is 616 g/mol. The van der Waals surface area contributed by atoms with Gasteiger partial charge in [-0.2, -0.15) is 5.26 Å². The first kappa shape index (κ1) is 31.1. The molecule has 3 aromatic carbocycles. The summed E-state index contributed by atoms with van der Waals surface area (Å²) >= 11 is 1.12. The molecule has 1 unspecified atom stereocenters. The molecule has 4 rings (SSSR count). The molecule has 0 saturated carbocycles. The number of sulfonamides is 1. The summed E-state index contributed by atoms with van der Waals surface area (Å²) in [5, 5.41) is 12.7. The number of nitrogens with one attached hydrogen (secondary N) is 2. The van der Waals surface area contributed by atoms with Crippen LogP contribution >= 0.6 is 11.8 Å². The zero-order valence-corrected chi connectivity index (χ0v) is 25.4. The third-order valence-electron chi connectivity index (χ3n) is 6.23. The van der Waals surface area contributed by atoms with Gasteiger partial charge in [0.05, 0.1) is 35.6 Å². The number of methoxy groups -OCH3 is 2. The van der Waals surface area contributed by atoms with Crippen molar-refractivity contribution >= 4 is 39.3 Å². The van der Waals surface area contributed by atoms with Crippen molar-refractivity contribution in [1.29, 1.82) is 5.26 Å². The number of anilines is 1. The minimum atomic E-state index is -4.01. The van der Waals surface area contributed by atoms with Crippen molar-refractivity contribution in [3.05, 3.63) is 84.4 Å². The van der Waals surface area contributed by atoms with Crippen molar-refractivity contribution in [3.8, 4) is 40.0 Å². The second kappa shape index (κ2) is 13.4. The molecule has 0 fully saturated rings. The molecule has 4 aromatic rings. The molecule has 0 radical (unpaired) electrons. The number of ether oxygens (including phenoxy) is 2. The van der Waals surface area contributed by atoms with Gasteiger partial charge in [0.2, 0.25) is 11.8 Å². The normalized spacial score (nSPS) is 11.6. The molecule has 0 aliphatic rings. The fraction of sp³-hybridized carbons (Fsp3) is 0.161. The Kier molecular flexibility index (Phi) is 9.70. The number of aromatic nitrogens is 1. The first-order chi connectivity index (χ1) is 20.6. The van der Waals surface area contributed by atoms with E-state index in [1.807, 2.05) is 47.2 Å². The Morgan fingerprint density at radius 3 is 2.26 bits per heavy atom. The maximum atomic E-state index is 13.2. The molecule has 0 aliphatic carbocycles. The minimum Gasteiger partial charge on any atom is -0.493 e. The summed E-state index contributed by atoms with van der Waals surface area (Å²) in [4.78, 5) is 29.0. The molecule has 2 amide bonds. The van der Waals surface area contributed by atoms with E-state index < -0.39 is 27.1 Å². The van der Waals surface area contributed by atoms with E-state index in [1.54, 1.807) is 19.1 Å². The molecule has 12 heteroatoms. The number of nitrogens with zero attached hydrogens (tertiary/aromatic N) is 2. The number of benzene rings is 3. The van der Waals surface area contributed by atoms with Gasteiger partial charge in [-0.25, -0.2) is 18.1 Å². The van der Waals surface area contributed by atoms with Gasteiger partial charge in [0.1, 0.15) is 11.1 Å². The van der Waals surface area contributed by atoms with Crippen LogP contribution in [0.4, 0.5) is 5.69 Å². The molecule has 0 bridgehead atoms. The number of amides is 2. The molecule has 1 atom stereocenters. The molecule has 1 aromatic heterocycles. The topological polar surface area (TPSA) is 147 Å². The number of thioether (sulfide) groups is 1. The van der Waals surface area contributed by atoms with Crippen LogP contribution in [0.2, 0.25) is 0 Å². The van der Waals surface area contributed by atoms with Gasteiger partial charge in [-0.15, -0.1) is 0 Å². The van der Waals surface area contributed by atoms with Crippen LogP contribution in [0, 0.1) is 11.3 Å². The Morgan fingerprint density at radius 2 is 1.65 bits per heavy atom. The van der Waals surface area contributed by atoms with Gasteiger partial charge in [-0.05, 0) is 43.3 Å². The van der Waals surface area contributed by atoms with Gasteiger partial charge < -0.3 is 14.8 Å². The average Bonchev–Trinajstić information content (AvgIpc) is 3.00. The van der Waals surface area contributed by atoms with E-state index in [0.717, 1.165) is 24.2 Å². The molecule has 0 aliphatic heterocycles. The van der Waals surface area contributed by atoms with Crippen LogP contribution in [0.3, 0.4) is 0 Å². The second-order valence-electron chi connectivity index (χ2n) is 9.19. The minimum absolute atomic E-state index is 0.121. The van der Waals surface area contributed by atoms with E-state index in [9.17, 15) is 23.3 Å². The first-order valence-electron chi connectivity index (χ1n) is 12.9. The number of nitriles is 1. The number of hydrogen-bond acceptors (Lipinski definition) is 9. The highest BCUT2D eigenvalue weighted by Crippen LogP contribution is 2.42. The van der Waals surface area contributed by atoms with Crippen molar-refractivity contribution < 1.29 is 27.5 Å². The molecule has 2 N–H and O–H groups in total. The van der Waals surface area contributed by atoms with Gasteiger partial charge in [0, 0.05) is 29.3 Å². The Hall–Kier alpha value is -4.86. The highest BCUT2D eigenvalue weighted by molar-refractivity contribution is 8.00. The summed E-state index contributed by atoms with van der Waals surface area (Å²) in [5.74, 6) is -0.145. The third kappa shape index (κ3) is 7.14. The van der Waals surface area contributed by atoms with E-state index in [0.29, 0.717) is 39.0 Å². The lowest BCUT2D eigenvalue weighted by Gasteiger charge is -2.18. The van der Waals surface area contributed by atoms with Gasteiger partial charge in [0.25, 0.3) is 10.0 Å². The number of carbonyl (C=O) groups is 2. The maximum Gasteiger partial charge on any atom is 0.264 e. The lowest BCUT2D eigenvalue weighted by molar-refractivity contribution is -0.117. The van der Waals surface area contributed by atoms with E-state index in [2.05, 4.69) is 11.4 Å². The standard InChI is InChI=1S/C31H28N4O6S2/c1-19(30(37)33-22-13-15-23(16-14-22)43(38,39)35-20(2)36)42-31-26(18-32)25(17-27(34-31)21-9-6-5-7-10-21)24-11-8-12-28(40-3)29(24)41-4/h5-17,19H,1-4H3,(H,33,37)(H,35,36). The number of pyridine rings is 1. The van der Waals surface area contributed by atoms with Crippen LogP contribution in [0.15, 0.2) is 88.8 Å². The molecule has 0 spiro atoms. The quantitative estimate of drug-likeness (QED) is 0.228. The summed E-state index contributed by atoms with van der Waals surface area (Å²) in [7, 11) is -0.947. The van der Waals surface area contributed by atoms with Crippen molar-refractivity contribution in [2.45, 2.75) is 29.0 Å². The van der Waals surface area contributed by atoms with Crippen LogP contribution in [0.25, 0.3) is 22.4 Å². The molecule has 220 valence electrons. The predicted molar refractivity (Wildman–Crippen MR) is 164 cm³/mol. The zero-order valence-electron chi connectivity index (χ0n) is 23.7. The van der Waals surface area contributed by atoms with Gasteiger partial charge in [0.15, 0.2) is 11.5 Å². The van der Waals surface area contributed by atoms with Crippen molar-refractivity contribution in [2.24, 2.45) is 0 Å². The highest BCUT2D eigenvalue weighted by atomic mass is 32.2. The lowest BCUT2D eigenvalue weighted by Crippen LogP contribution is -2.28. The van der Waals surface area contributed by atoms with Gasteiger partial charge in [-0.1, -0.05) is 54.2 Å². The largest absolute Gasteiger partial charge is 0.493 e. The molecule has 0 saturated heterocycles. The Morgan fingerprint density at radius 1 is 0.953 bits per heavy atom. The molecular formula is C31H28N4O6S2. The lowest BCUT2D eigenvalue weighted by atomic mass is 9.98. The molecule has 1 heterocycles. The maximum absolute atomic E-state index is 13.2. The third-order valence-corrected chi connectivity index (χ3v) is 8.76. The fourth-order valence-corrected chi connectivity index (χ4v) is 6.13. The molecule has 43 heavy (non-hydrogen) atoms. The van der Waals surface area contributed by atoms with Crippen LogP contribution in [0.1, 0.15) is 19.4 Å². The summed E-state index contributed by atoms with van der Waals surface area (Å²) in [5.41, 5.74) is 3.24. The fourth-order valence-electron chi connectivity index (χ4n) is 4.21. The van der Waals surface area contributed by atoms with Crippen molar-refractivity contribution in [1.82, 2.24) is 9.71 Å². The van der Waals surface area contributed by atoms with E-state index in [-0.39, 0.29) is 10.5 Å². The van der Waals surface area contributed by atoms with E-state index in [4.69, 9.17) is 14.5 Å². The zero-order chi connectivity index (χ0) is 31.1. The Balaban J connectivity index is 1.69.